The molecule has 3 nitrogen and oxygen atoms in total. The smallest absolute Gasteiger partial charge is 0.292 e. The Balaban J connectivity index is 2.74. The van der Waals surface area contributed by atoms with Crippen molar-refractivity contribution in [3.05, 3.63) is 28.6 Å². The highest BCUT2D eigenvalue weighted by molar-refractivity contribution is 5.97. The summed E-state index contributed by atoms with van der Waals surface area (Å²) in [6.45, 7) is 0. The number of hydrogen-bond acceptors (Lipinski definition) is 3. The Hall–Kier alpha value is -1.90. The van der Waals surface area contributed by atoms with Gasteiger partial charge in [0.2, 0.25) is 0 Å². The first kappa shape index (κ1) is 11.6. The van der Waals surface area contributed by atoms with E-state index in [1.165, 1.54) is 6.07 Å². The number of carbonyl (C=O) groups excluding carboxylic acids is 1. The van der Waals surface area contributed by atoms with Gasteiger partial charge in [-0.2, -0.15) is 18.4 Å². The molecule has 1 heterocycles. The van der Waals surface area contributed by atoms with Crippen LogP contribution >= 0.6 is 0 Å². The van der Waals surface area contributed by atoms with Gasteiger partial charge >= 0.3 is 6.18 Å². The van der Waals surface area contributed by atoms with Gasteiger partial charge in [0.05, 0.1) is 11.1 Å². The predicted octanol–water partition coefficient (Wildman–Crippen LogP) is 2.49. The summed E-state index contributed by atoms with van der Waals surface area (Å²) in [7, 11) is 0. The first-order valence-corrected chi connectivity index (χ1v) is 4.97. The van der Waals surface area contributed by atoms with Crippen molar-refractivity contribution in [2.75, 3.05) is 0 Å². The summed E-state index contributed by atoms with van der Waals surface area (Å²) >= 11 is 0. The standard InChI is InChI=1S/C11H7F3N2O/c12-11(13,14)9-6(4-15)5-16-10-7(9)2-1-3-8(10)17/h5H,1-3H2. The molecule has 0 unspecified atom stereocenters. The minimum absolute atomic E-state index is 0.132. The van der Waals surface area contributed by atoms with E-state index in [4.69, 9.17) is 5.26 Å². The minimum atomic E-state index is -4.63. The van der Waals surface area contributed by atoms with Gasteiger partial charge in [-0.05, 0) is 18.4 Å². The zero-order valence-corrected chi connectivity index (χ0v) is 8.64. The topological polar surface area (TPSA) is 53.8 Å². The number of carbonyl (C=O) groups is 1. The van der Waals surface area contributed by atoms with Gasteiger partial charge in [-0.3, -0.25) is 9.78 Å². The highest BCUT2D eigenvalue weighted by Gasteiger charge is 2.39. The first-order valence-electron chi connectivity index (χ1n) is 4.97. The number of hydrogen-bond donors (Lipinski definition) is 0. The fourth-order valence-electron chi connectivity index (χ4n) is 1.99. The molecule has 0 N–H and O–H groups in total. The fourth-order valence-corrected chi connectivity index (χ4v) is 1.99. The van der Waals surface area contributed by atoms with E-state index in [0.717, 1.165) is 6.20 Å². The van der Waals surface area contributed by atoms with E-state index in [2.05, 4.69) is 4.98 Å². The van der Waals surface area contributed by atoms with Crippen molar-refractivity contribution in [2.45, 2.75) is 25.4 Å². The van der Waals surface area contributed by atoms with Crippen LogP contribution < -0.4 is 0 Å². The third-order valence-corrected chi connectivity index (χ3v) is 2.68. The maximum atomic E-state index is 12.9. The lowest BCUT2D eigenvalue weighted by molar-refractivity contribution is -0.138. The number of nitrogens with zero attached hydrogens (tertiary/aromatic N) is 2. The second-order valence-electron chi connectivity index (χ2n) is 3.76. The summed E-state index contributed by atoms with van der Waals surface area (Å²) in [4.78, 5) is 15.1. The molecule has 17 heavy (non-hydrogen) atoms. The van der Waals surface area contributed by atoms with Crippen LogP contribution in [0.1, 0.15) is 40.0 Å². The Morgan fingerprint density at radius 3 is 2.65 bits per heavy atom. The van der Waals surface area contributed by atoms with Crippen molar-refractivity contribution < 1.29 is 18.0 Å². The molecule has 0 amide bonds. The Bertz CT molecular complexity index is 529. The highest BCUT2D eigenvalue weighted by Crippen LogP contribution is 2.37. The maximum Gasteiger partial charge on any atom is 0.418 e. The summed E-state index contributed by atoms with van der Waals surface area (Å²) in [5.74, 6) is -0.388. The number of fused-ring (bicyclic) bond motifs is 1. The lowest BCUT2D eigenvalue weighted by atomic mass is 9.89. The van der Waals surface area contributed by atoms with E-state index in [-0.39, 0.29) is 29.9 Å². The molecule has 88 valence electrons. The lowest BCUT2D eigenvalue weighted by Gasteiger charge is -2.19. The molecule has 1 aromatic heterocycles. The summed E-state index contributed by atoms with van der Waals surface area (Å²) in [6.07, 6.45) is -3.09. The van der Waals surface area contributed by atoms with Crippen molar-refractivity contribution in [1.29, 1.82) is 5.26 Å². The van der Waals surface area contributed by atoms with Gasteiger partial charge in [0, 0.05) is 12.6 Å². The van der Waals surface area contributed by atoms with E-state index >= 15 is 0 Å². The van der Waals surface area contributed by atoms with E-state index in [0.29, 0.717) is 6.42 Å². The van der Waals surface area contributed by atoms with Crippen LogP contribution in [0.4, 0.5) is 13.2 Å². The number of nitriles is 1. The average molecular weight is 240 g/mol. The number of rotatable bonds is 0. The molecule has 0 fully saturated rings. The van der Waals surface area contributed by atoms with Crippen LogP contribution in [0.3, 0.4) is 0 Å². The Morgan fingerprint density at radius 1 is 1.35 bits per heavy atom. The second kappa shape index (κ2) is 3.84. The average Bonchev–Trinajstić information content (AvgIpc) is 2.26. The lowest BCUT2D eigenvalue weighted by Crippen LogP contribution is -2.21. The highest BCUT2D eigenvalue weighted by atomic mass is 19.4. The summed E-state index contributed by atoms with van der Waals surface area (Å²) < 4.78 is 38.6. The molecule has 2 rings (SSSR count). The normalized spacial score (nSPS) is 15.3. The van der Waals surface area contributed by atoms with Gasteiger partial charge in [-0.25, -0.2) is 0 Å². The maximum absolute atomic E-state index is 12.9. The molecule has 0 atom stereocenters. The molecule has 6 heteroatoms. The minimum Gasteiger partial charge on any atom is -0.292 e. The molecule has 0 spiro atoms. The molecule has 0 aromatic carbocycles. The summed E-state index contributed by atoms with van der Waals surface area (Å²) in [5, 5.41) is 8.67. The van der Waals surface area contributed by atoms with Gasteiger partial charge < -0.3 is 0 Å². The molecule has 0 saturated carbocycles. The van der Waals surface area contributed by atoms with Crippen LogP contribution in [0, 0.1) is 11.3 Å². The van der Waals surface area contributed by atoms with Crippen LogP contribution in [0.15, 0.2) is 6.20 Å². The van der Waals surface area contributed by atoms with Crippen molar-refractivity contribution in [2.24, 2.45) is 0 Å². The SMILES string of the molecule is N#Cc1cnc2c(c1C(F)(F)F)CCCC2=O. The molecule has 1 aliphatic rings. The zero-order valence-electron chi connectivity index (χ0n) is 8.64. The van der Waals surface area contributed by atoms with E-state index < -0.39 is 17.3 Å². The van der Waals surface area contributed by atoms with Crippen LogP contribution in [-0.2, 0) is 12.6 Å². The molecule has 0 aliphatic heterocycles. The van der Waals surface area contributed by atoms with Gasteiger partial charge in [0.25, 0.3) is 0 Å². The first-order chi connectivity index (χ1) is 7.95. The predicted molar refractivity (Wildman–Crippen MR) is 51.2 cm³/mol. The fraction of sp³-hybridized carbons (Fsp3) is 0.364. The number of alkyl halides is 3. The Kier molecular flexibility index (Phi) is 2.62. The van der Waals surface area contributed by atoms with Gasteiger partial charge in [0.1, 0.15) is 11.8 Å². The van der Waals surface area contributed by atoms with E-state index in [1.54, 1.807) is 0 Å². The quantitative estimate of drug-likeness (QED) is 0.700. The van der Waals surface area contributed by atoms with Crippen LogP contribution in [-0.4, -0.2) is 10.8 Å². The molecular formula is C11H7F3N2O. The number of Topliss-reactive ketones (excluding diaryl/α,β-unsaturated/α-hetero) is 1. The number of pyridine rings is 1. The molecule has 1 aliphatic carbocycles. The van der Waals surface area contributed by atoms with Crippen molar-refractivity contribution >= 4 is 5.78 Å². The van der Waals surface area contributed by atoms with Crippen molar-refractivity contribution in [1.82, 2.24) is 4.98 Å². The molecule has 0 radical (unpaired) electrons. The van der Waals surface area contributed by atoms with E-state index in [9.17, 15) is 18.0 Å². The van der Waals surface area contributed by atoms with Gasteiger partial charge in [0.15, 0.2) is 5.78 Å². The monoisotopic (exact) mass is 240 g/mol. The summed E-state index contributed by atoms with van der Waals surface area (Å²) in [6, 6.07) is 1.47. The molecule has 0 saturated heterocycles. The third-order valence-electron chi connectivity index (χ3n) is 2.68. The number of halogens is 3. The van der Waals surface area contributed by atoms with Gasteiger partial charge in [-0.15, -0.1) is 0 Å². The van der Waals surface area contributed by atoms with Crippen LogP contribution in [0.25, 0.3) is 0 Å². The second-order valence-corrected chi connectivity index (χ2v) is 3.76. The van der Waals surface area contributed by atoms with Gasteiger partial charge in [-0.1, -0.05) is 0 Å². The van der Waals surface area contributed by atoms with Crippen LogP contribution in [0.2, 0.25) is 0 Å². The molecular weight excluding hydrogens is 233 g/mol. The third kappa shape index (κ3) is 1.88. The zero-order chi connectivity index (χ0) is 12.6. The number of ketones is 1. The Labute approximate surface area is 94.9 Å². The van der Waals surface area contributed by atoms with Crippen LogP contribution in [0.5, 0.6) is 0 Å². The molecule has 1 aromatic rings. The van der Waals surface area contributed by atoms with E-state index in [1.807, 2.05) is 0 Å². The Morgan fingerprint density at radius 2 is 2.06 bits per heavy atom. The van der Waals surface area contributed by atoms with Crippen molar-refractivity contribution in [3.63, 3.8) is 0 Å². The molecule has 0 bridgehead atoms. The van der Waals surface area contributed by atoms with Crippen molar-refractivity contribution in [3.8, 4) is 6.07 Å². The number of aromatic nitrogens is 1. The summed E-state index contributed by atoms with van der Waals surface area (Å²) in [5.41, 5.74) is -1.79. The largest absolute Gasteiger partial charge is 0.418 e.